The zero-order valence-corrected chi connectivity index (χ0v) is 23.3. The van der Waals surface area contributed by atoms with Gasteiger partial charge in [0.2, 0.25) is 0 Å². The summed E-state index contributed by atoms with van der Waals surface area (Å²) in [6, 6.07) is 17.9. The maximum absolute atomic E-state index is 14.1. The van der Waals surface area contributed by atoms with Gasteiger partial charge in [-0.2, -0.15) is 10.2 Å². The van der Waals surface area contributed by atoms with Gasteiger partial charge in [-0.1, -0.05) is 41.9 Å². The van der Waals surface area contributed by atoms with E-state index in [2.05, 4.69) is 5.32 Å². The fraction of sp³-hybridized carbons (Fsp3) is 0.406. The molecule has 1 amide bonds. The molecule has 4 aliphatic carbocycles. The molecule has 7 heteroatoms. The molecule has 0 unspecified atom stereocenters. The van der Waals surface area contributed by atoms with Crippen molar-refractivity contribution < 1.29 is 4.79 Å². The van der Waals surface area contributed by atoms with Crippen molar-refractivity contribution in [1.29, 1.82) is 0 Å². The Hall–Kier alpha value is -3.38. The second-order valence-corrected chi connectivity index (χ2v) is 12.6. The summed E-state index contributed by atoms with van der Waals surface area (Å²) in [5.74, 6) is 2.21. The van der Waals surface area contributed by atoms with Crippen LogP contribution in [0.1, 0.15) is 71.5 Å². The van der Waals surface area contributed by atoms with Crippen molar-refractivity contribution in [2.24, 2.45) is 17.8 Å². The van der Waals surface area contributed by atoms with Crippen molar-refractivity contribution in [3.05, 3.63) is 94.0 Å². The monoisotopic (exact) mass is 539 g/mol. The van der Waals surface area contributed by atoms with Crippen LogP contribution in [0.25, 0.3) is 5.69 Å². The molecule has 2 heterocycles. The van der Waals surface area contributed by atoms with E-state index in [0.717, 1.165) is 71.0 Å². The number of aryl methyl sites for hydroxylation is 1. The minimum absolute atomic E-state index is 0.00427. The van der Waals surface area contributed by atoms with Gasteiger partial charge in [0.05, 0.1) is 40.6 Å². The first-order valence-electron chi connectivity index (χ1n) is 14.1. The number of halogens is 1. The van der Waals surface area contributed by atoms with Gasteiger partial charge in [0.1, 0.15) is 0 Å². The molecule has 4 bridgehead atoms. The summed E-state index contributed by atoms with van der Waals surface area (Å²) >= 11 is 6.07. The van der Waals surface area contributed by atoms with E-state index in [0.29, 0.717) is 17.1 Å². The molecular formula is C32H34ClN5O. The van der Waals surface area contributed by atoms with Crippen LogP contribution >= 0.6 is 11.6 Å². The quantitative estimate of drug-likeness (QED) is 0.284. The molecule has 0 radical (unpaired) electrons. The van der Waals surface area contributed by atoms with E-state index in [1.165, 1.54) is 19.3 Å². The molecular weight excluding hydrogens is 506 g/mol. The summed E-state index contributed by atoms with van der Waals surface area (Å²) in [6.45, 7) is 4.58. The van der Waals surface area contributed by atoms with Crippen molar-refractivity contribution in [2.75, 3.05) is 5.32 Å². The van der Waals surface area contributed by atoms with Gasteiger partial charge in [-0.15, -0.1) is 0 Å². The Morgan fingerprint density at radius 3 is 2.23 bits per heavy atom. The maximum atomic E-state index is 14.1. The third-order valence-corrected chi connectivity index (χ3v) is 9.64. The lowest BCUT2D eigenvalue weighted by atomic mass is 9.48. The molecule has 6 nitrogen and oxygen atoms in total. The molecule has 2 aromatic heterocycles. The van der Waals surface area contributed by atoms with Gasteiger partial charge in [-0.05, 0) is 100.0 Å². The molecule has 4 aromatic rings. The molecule has 0 atom stereocenters. The number of anilines is 1. The van der Waals surface area contributed by atoms with Crippen LogP contribution in [0.2, 0.25) is 5.02 Å². The van der Waals surface area contributed by atoms with Crippen LogP contribution in [0, 0.1) is 31.6 Å². The number of carbonyl (C=O) groups is 1. The normalized spacial score (nSPS) is 25.3. The number of carbonyl (C=O) groups excluding carboxylic acids is 1. The molecule has 0 saturated heterocycles. The van der Waals surface area contributed by atoms with Gasteiger partial charge in [-0.3, -0.25) is 9.48 Å². The molecule has 0 aliphatic heterocycles. The third kappa shape index (κ3) is 4.39. The highest BCUT2D eigenvalue weighted by molar-refractivity contribution is 6.30. The molecule has 200 valence electrons. The number of nitrogens with zero attached hydrogens (tertiary/aromatic N) is 4. The Morgan fingerprint density at radius 2 is 1.59 bits per heavy atom. The summed E-state index contributed by atoms with van der Waals surface area (Å²) in [5, 5.41) is 13.9. The van der Waals surface area contributed by atoms with Gasteiger partial charge in [0, 0.05) is 16.6 Å². The summed E-state index contributed by atoms with van der Waals surface area (Å²) in [4.78, 5) is 14.1. The molecule has 1 N–H and O–H groups in total. The van der Waals surface area contributed by atoms with Crippen LogP contribution in [0.3, 0.4) is 0 Å². The topological polar surface area (TPSA) is 64.7 Å². The van der Waals surface area contributed by atoms with E-state index in [1.54, 1.807) is 0 Å². The number of rotatable bonds is 6. The summed E-state index contributed by atoms with van der Waals surface area (Å²) in [6.07, 6.45) is 9.47. The number of para-hydroxylation sites is 1. The van der Waals surface area contributed by atoms with Crippen LogP contribution < -0.4 is 5.32 Å². The minimum Gasteiger partial charge on any atom is -0.319 e. The maximum Gasteiger partial charge on any atom is 0.259 e. The highest BCUT2D eigenvalue weighted by atomic mass is 35.5. The zero-order chi connectivity index (χ0) is 26.7. The molecule has 8 rings (SSSR count). The van der Waals surface area contributed by atoms with Gasteiger partial charge in [-0.25, -0.2) is 4.68 Å². The molecule has 0 spiro atoms. The van der Waals surface area contributed by atoms with Crippen LogP contribution in [-0.4, -0.2) is 25.5 Å². The van der Waals surface area contributed by atoms with E-state index in [1.807, 2.05) is 84.0 Å². The lowest BCUT2D eigenvalue weighted by molar-refractivity contribution is -0.00765. The Labute approximate surface area is 234 Å². The van der Waals surface area contributed by atoms with Crippen LogP contribution in [0.4, 0.5) is 5.69 Å². The number of amides is 1. The van der Waals surface area contributed by atoms with Crippen molar-refractivity contribution in [1.82, 2.24) is 19.6 Å². The number of benzene rings is 2. The lowest BCUT2D eigenvalue weighted by Crippen LogP contribution is -2.49. The minimum atomic E-state index is -0.0971. The second kappa shape index (κ2) is 9.37. The first-order chi connectivity index (χ1) is 18.9. The van der Waals surface area contributed by atoms with Gasteiger partial charge in [0.25, 0.3) is 5.91 Å². The molecule has 2 aromatic carbocycles. The fourth-order valence-corrected chi connectivity index (χ4v) is 8.15. The fourth-order valence-electron chi connectivity index (χ4n) is 8.02. The average Bonchev–Trinajstić information content (AvgIpc) is 3.48. The predicted molar refractivity (Wildman–Crippen MR) is 154 cm³/mol. The number of aromatic nitrogens is 4. The van der Waals surface area contributed by atoms with Crippen molar-refractivity contribution in [3.63, 3.8) is 0 Å². The number of hydrogen-bond acceptors (Lipinski definition) is 3. The first-order valence-corrected chi connectivity index (χ1v) is 14.5. The molecule has 4 saturated carbocycles. The highest BCUT2D eigenvalue weighted by Crippen LogP contribution is 2.61. The van der Waals surface area contributed by atoms with E-state index in [9.17, 15) is 4.79 Å². The Morgan fingerprint density at radius 1 is 0.949 bits per heavy atom. The van der Waals surface area contributed by atoms with Gasteiger partial charge >= 0.3 is 0 Å². The summed E-state index contributed by atoms with van der Waals surface area (Å²) in [5.41, 5.74) is 6.30. The Balaban J connectivity index is 1.23. The van der Waals surface area contributed by atoms with E-state index in [4.69, 9.17) is 21.8 Å². The SMILES string of the molecule is Cc1nn(Cc2ccc(Cl)cc2)c(C)c1NC(=O)c1cn(-c2ccccc2)nc1C12CC3CC(CC(C3)C1)C2. The second-order valence-electron chi connectivity index (χ2n) is 12.2. The molecule has 4 aliphatic rings. The van der Waals surface area contributed by atoms with Crippen LogP contribution in [-0.2, 0) is 12.0 Å². The molecule has 39 heavy (non-hydrogen) atoms. The largest absolute Gasteiger partial charge is 0.319 e. The standard InChI is InChI=1S/C32H34ClN5O/c1-20-29(21(2)37(35-20)18-22-8-10-26(33)11-9-22)34-31(39)28-19-38(27-6-4-3-5-7-27)36-30(28)32-15-23-12-24(16-32)14-25(13-23)17-32/h3-11,19,23-25H,12-18H2,1-2H3,(H,34,39). The summed E-state index contributed by atoms with van der Waals surface area (Å²) < 4.78 is 3.86. The lowest BCUT2D eigenvalue weighted by Gasteiger charge is -2.56. The number of hydrogen-bond donors (Lipinski definition) is 1. The predicted octanol–water partition coefficient (Wildman–Crippen LogP) is 7.11. The van der Waals surface area contributed by atoms with Gasteiger partial charge in [0.15, 0.2) is 0 Å². The molecule has 4 fully saturated rings. The van der Waals surface area contributed by atoms with Crippen molar-refractivity contribution in [3.8, 4) is 5.69 Å². The highest BCUT2D eigenvalue weighted by Gasteiger charge is 2.54. The Kier molecular flexibility index (Phi) is 5.92. The van der Waals surface area contributed by atoms with E-state index < -0.39 is 0 Å². The third-order valence-electron chi connectivity index (χ3n) is 9.39. The van der Waals surface area contributed by atoms with Crippen LogP contribution in [0.15, 0.2) is 60.8 Å². The van der Waals surface area contributed by atoms with Gasteiger partial charge < -0.3 is 5.32 Å². The average molecular weight is 540 g/mol. The number of nitrogens with one attached hydrogen (secondary N) is 1. The van der Waals surface area contributed by atoms with Crippen molar-refractivity contribution in [2.45, 2.75) is 64.3 Å². The van der Waals surface area contributed by atoms with Crippen molar-refractivity contribution >= 4 is 23.2 Å². The smallest absolute Gasteiger partial charge is 0.259 e. The summed E-state index contributed by atoms with van der Waals surface area (Å²) in [7, 11) is 0. The zero-order valence-electron chi connectivity index (χ0n) is 22.5. The van der Waals surface area contributed by atoms with E-state index in [-0.39, 0.29) is 11.3 Å². The van der Waals surface area contributed by atoms with E-state index >= 15 is 0 Å². The first kappa shape index (κ1) is 24.6. The Bertz CT molecular complexity index is 1500. The van der Waals surface area contributed by atoms with Crippen LogP contribution in [0.5, 0.6) is 0 Å².